The quantitative estimate of drug-likeness (QED) is 0.897. The van der Waals surface area contributed by atoms with Crippen LogP contribution in [0.25, 0.3) is 0 Å². The van der Waals surface area contributed by atoms with E-state index in [1.807, 2.05) is 12.1 Å². The van der Waals surface area contributed by atoms with Crippen molar-refractivity contribution in [3.8, 4) is 0 Å². The van der Waals surface area contributed by atoms with Crippen LogP contribution in [0.5, 0.6) is 0 Å². The Balaban J connectivity index is 1.63. The van der Waals surface area contributed by atoms with Gasteiger partial charge in [0.25, 0.3) is 0 Å². The van der Waals surface area contributed by atoms with Gasteiger partial charge in [-0.1, -0.05) is 37.6 Å². The molecule has 0 saturated heterocycles. The van der Waals surface area contributed by atoms with E-state index in [4.69, 9.17) is 4.74 Å². The molecule has 0 bridgehead atoms. The number of fused-ring (bicyclic) bond motifs is 1. The van der Waals surface area contributed by atoms with Crippen molar-refractivity contribution in [1.82, 2.24) is 5.32 Å². The number of hydrogen-bond acceptors (Lipinski definition) is 3. The fourth-order valence-corrected chi connectivity index (χ4v) is 3.74. The number of amides is 1. The zero-order valence-electron chi connectivity index (χ0n) is 13.2. The van der Waals surface area contributed by atoms with Crippen LogP contribution < -0.4 is 5.32 Å². The van der Waals surface area contributed by atoms with Gasteiger partial charge in [-0.05, 0) is 30.4 Å². The van der Waals surface area contributed by atoms with Crippen LogP contribution >= 0.6 is 0 Å². The lowest BCUT2D eigenvalue weighted by Crippen LogP contribution is -2.45. The zero-order valence-corrected chi connectivity index (χ0v) is 13.2. The summed E-state index contributed by atoms with van der Waals surface area (Å²) in [6.07, 6.45) is 4.10. The van der Waals surface area contributed by atoms with Gasteiger partial charge in [0.1, 0.15) is 0 Å². The van der Waals surface area contributed by atoms with Crippen molar-refractivity contribution < 1.29 is 14.6 Å². The van der Waals surface area contributed by atoms with Crippen LogP contribution in [0.1, 0.15) is 49.8 Å². The fourth-order valence-electron chi connectivity index (χ4n) is 3.74. The van der Waals surface area contributed by atoms with Gasteiger partial charge < -0.3 is 15.2 Å². The van der Waals surface area contributed by atoms with Crippen LogP contribution in [0.2, 0.25) is 0 Å². The molecule has 1 aromatic carbocycles. The van der Waals surface area contributed by atoms with Crippen LogP contribution in [0.3, 0.4) is 0 Å². The third-order valence-electron chi connectivity index (χ3n) is 5.24. The van der Waals surface area contributed by atoms with Crippen LogP contribution in [0, 0.1) is 5.41 Å². The molecule has 22 heavy (non-hydrogen) atoms. The smallest absolute Gasteiger partial charge is 0.223 e. The first kappa shape index (κ1) is 15.5. The average molecular weight is 303 g/mol. The lowest BCUT2D eigenvalue weighted by Gasteiger charge is -2.31. The maximum atomic E-state index is 12.4. The van der Waals surface area contributed by atoms with Gasteiger partial charge in [-0.3, -0.25) is 4.79 Å². The van der Waals surface area contributed by atoms with E-state index in [-0.39, 0.29) is 30.1 Å². The number of nitrogens with one attached hydrogen (secondary N) is 1. The molecule has 3 rings (SSSR count). The Labute approximate surface area is 131 Å². The summed E-state index contributed by atoms with van der Waals surface area (Å²) in [5.41, 5.74) is 2.24. The molecular weight excluding hydrogens is 278 g/mol. The number of ether oxygens (including phenoxy) is 1. The predicted molar refractivity (Wildman–Crippen MR) is 84.4 cm³/mol. The monoisotopic (exact) mass is 303 g/mol. The minimum Gasteiger partial charge on any atom is -0.396 e. The number of hydrogen-bond donors (Lipinski definition) is 2. The minimum absolute atomic E-state index is 0.0216. The highest BCUT2D eigenvalue weighted by atomic mass is 16.5. The average Bonchev–Trinajstić information content (AvgIpc) is 2.89. The highest BCUT2D eigenvalue weighted by molar-refractivity contribution is 5.77. The summed E-state index contributed by atoms with van der Waals surface area (Å²) >= 11 is 0. The number of carbonyl (C=O) groups is 1. The van der Waals surface area contributed by atoms with Crippen molar-refractivity contribution in [3.05, 3.63) is 35.4 Å². The third-order valence-corrected chi connectivity index (χ3v) is 5.24. The summed E-state index contributed by atoms with van der Waals surface area (Å²) in [6.45, 7) is 2.85. The van der Waals surface area contributed by atoms with E-state index in [0.29, 0.717) is 13.0 Å². The van der Waals surface area contributed by atoms with E-state index in [1.54, 1.807) is 0 Å². The van der Waals surface area contributed by atoms with Crippen LogP contribution in [0.4, 0.5) is 0 Å². The lowest BCUT2D eigenvalue weighted by atomic mass is 9.85. The minimum atomic E-state index is -0.180. The molecule has 4 nitrogen and oxygen atoms in total. The molecule has 1 fully saturated rings. The number of carbonyl (C=O) groups excluding carboxylic acids is 1. The Bertz CT molecular complexity index is 545. The van der Waals surface area contributed by atoms with Gasteiger partial charge in [0.05, 0.1) is 25.7 Å². The molecule has 3 atom stereocenters. The number of aliphatic hydroxyl groups is 1. The molecule has 2 N–H and O–H groups in total. The van der Waals surface area contributed by atoms with Gasteiger partial charge in [0.15, 0.2) is 0 Å². The summed E-state index contributed by atoms with van der Waals surface area (Å²) < 4.78 is 5.81. The van der Waals surface area contributed by atoms with Crippen molar-refractivity contribution >= 4 is 5.91 Å². The van der Waals surface area contributed by atoms with Gasteiger partial charge >= 0.3 is 0 Å². The fraction of sp³-hybridized carbons (Fsp3) is 0.611. The molecule has 0 radical (unpaired) electrons. The first-order valence-corrected chi connectivity index (χ1v) is 8.22. The molecular formula is C18H25NO3. The third kappa shape index (κ3) is 3.03. The summed E-state index contributed by atoms with van der Waals surface area (Å²) in [6, 6.07) is 8.27. The number of aliphatic hydroxyl groups excluding tert-OH is 1. The van der Waals surface area contributed by atoms with Crippen molar-refractivity contribution in [2.24, 2.45) is 5.41 Å². The Hall–Kier alpha value is -1.39. The molecule has 1 saturated carbocycles. The van der Waals surface area contributed by atoms with Crippen LogP contribution in [-0.2, 0) is 16.0 Å². The van der Waals surface area contributed by atoms with Gasteiger partial charge in [-0.15, -0.1) is 0 Å². The van der Waals surface area contributed by atoms with E-state index < -0.39 is 0 Å². The second-order valence-electron chi connectivity index (χ2n) is 6.84. The molecule has 1 amide bonds. The van der Waals surface area contributed by atoms with Crippen molar-refractivity contribution in [3.63, 3.8) is 0 Å². The Morgan fingerprint density at radius 1 is 1.45 bits per heavy atom. The molecule has 0 aromatic heterocycles. The molecule has 3 unspecified atom stereocenters. The molecule has 1 heterocycles. The van der Waals surface area contributed by atoms with E-state index in [9.17, 15) is 9.90 Å². The summed E-state index contributed by atoms with van der Waals surface area (Å²) in [4.78, 5) is 12.4. The Morgan fingerprint density at radius 3 is 3.09 bits per heavy atom. The highest BCUT2D eigenvalue weighted by Crippen LogP contribution is 2.37. The number of benzene rings is 1. The Morgan fingerprint density at radius 2 is 2.27 bits per heavy atom. The maximum absolute atomic E-state index is 12.4. The SMILES string of the molecule is CC1(CO)CCCC1NC(=O)CC1OCCc2ccccc21. The van der Waals surface area contributed by atoms with Gasteiger partial charge in [-0.2, -0.15) is 0 Å². The number of rotatable bonds is 4. The van der Waals surface area contributed by atoms with Crippen LogP contribution in [0.15, 0.2) is 24.3 Å². The molecule has 4 heteroatoms. The van der Waals surface area contributed by atoms with E-state index in [2.05, 4.69) is 24.4 Å². The highest BCUT2D eigenvalue weighted by Gasteiger charge is 2.39. The second kappa shape index (κ2) is 6.39. The second-order valence-corrected chi connectivity index (χ2v) is 6.84. The zero-order chi connectivity index (χ0) is 15.6. The summed E-state index contributed by atoms with van der Waals surface area (Å²) in [5.74, 6) is 0.0216. The van der Waals surface area contributed by atoms with E-state index in [1.165, 1.54) is 5.56 Å². The lowest BCUT2D eigenvalue weighted by molar-refractivity contribution is -0.126. The summed E-state index contributed by atoms with van der Waals surface area (Å²) in [5, 5.41) is 12.7. The molecule has 1 aliphatic carbocycles. The van der Waals surface area contributed by atoms with Gasteiger partial charge in [-0.25, -0.2) is 0 Å². The topological polar surface area (TPSA) is 58.6 Å². The first-order chi connectivity index (χ1) is 10.6. The van der Waals surface area contributed by atoms with Gasteiger partial charge in [0.2, 0.25) is 5.91 Å². The summed E-state index contributed by atoms with van der Waals surface area (Å²) in [7, 11) is 0. The van der Waals surface area contributed by atoms with Crippen molar-refractivity contribution in [2.45, 2.75) is 51.2 Å². The molecule has 120 valence electrons. The molecule has 0 spiro atoms. The molecule has 1 aromatic rings. The van der Waals surface area contributed by atoms with E-state index >= 15 is 0 Å². The molecule has 2 aliphatic rings. The predicted octanol–water partition coefficient (Wildman–Crippen LogP) is 2.36. The molecule has 1 aliphatic heterocycles. The first-order valence-electron chi connectivity index (χ1n) is 8.22. The van der Waals surface area contributed by atoms with Crippen LogP contribution in [-0.4, -0.2) is 30.3 Å². The Kier molecular flexibility index (Phi) is 4.50. The van der Waals surface area contributed by atoms with E-state index in [0.717, 1.165) is 31.2 Å². The van der Waals surface area contributed by atoms with Crippen molar-refractivity contribution in [2.75, 3.05) is 13.2 Å². The maximum Gasteiger partial charge on any atom is 0.223 e. The standard InChI is InChI=1S/C18H25NO3/c1-18(12-20)9-4-7-16(18)19-17(21)11-15-14-6-3-2-5-13(14)8-10-22-15/h2-3,5-6,15-16,20H,4,7-12H2,1H3,(H,19,21). The largest absolute Gasteiger partial charge is 0.396 e. The van der Waals surface area contributed by atoms with Gasteiger partial charge in [0, 0.05) is 11.5 Å². The normalized spacial score (nSPS) is 30.8. The van der Waals surface area contributed by atoms with Crippen molar-refractivity contribution in [1.29, 1.82) is 0 Å².